The molecular formula is C22H25N5O. The molecule has 6 heteroatoms. The van der Waals surface area contributed by atoms with Crippen molar-refractivity contribution in [2.75, 3.05) is 30.3 Å². The van der Waals surface area contributed by atoms with Crippen LogP contribution in [0.5, 0.6) is 5.75 Å². The molecule has 2 aromatic heterocycles. The summed E-state index contributed by atoms with van der Waals surface area (Å²) in [7, 11) is 0. The van der Waals surface area contributed by atoms with Crippen LogP contribution in [0.15, 0.2) is 48.9 Å². The van der Waals surface area contributed by atoms with E-state index in [4.69, 9.17) is 4.74 Å². The van der Waals surface area contributed by atoms with Crippen LogP contribution in [0, 0.1) is 0 Å². The lowest BCUT2D eigenvalue weighted by Gasteiger charge is -2.16. The fourth-order valence-corrected chi connectivity index (χ4v) is 3.44. The van der Waals surface area contributed by atoms with E-state index in [1.54, 1.807) is 6.33 Å². The van der Waals surface area contributed by atoms with E-state index in [1.165, 1.54) is 11.1 Å². The number of nitrogens with zero attached hydrogens (tertiary/aromatic N) is 3. The Morgan fingerprint density at radius 1 is 1.07 bits per heavy atom. The summed E-state index contributed by atoms with van der Waals surface area (Å²) in [5.41, 5.74) is 4.38. The van der Waals surface area contributed by atoms with Gasteiger partial charge in [-0.2, -0.15) is 0 Å². The third kappa shape index (κ3) is 3.91. The number of aromatic nitrogens is 3. The fraction of sp³-hybridized carbons (Fsp3) is 0.318. The molecule has 0 amide bonds. The third-order valence-corrected chi connectivity index (χ3v) is 4.95. The first-order valence-corrected chi connectivity index (χ1v) is 9.75. The summed E-state index contributed by atoms with van der Waals surface area (Å²) in [6, 6.07) is 12.4. The minimum atomic E-state index is 0.313. The van der Waals surface area contributed by atoms with E-state index in [0.717, 1.165) is 54.8 Å². The molecule has 0 unspecified atom stereocenters. The molecule has 1 atom stereocenters. The summed E-state index contributed by atoms with van der Waals surface area (Å²) in [4.78, 5) is 13.2. The Labute approximate surface area is 165 Å². The highest BCUT2D eigenvalue weighted by Crippen LogP contribution is 2.34. The monoisotopic (exact) mass is 375 g/mol. The van der Waals surface area contributed by atoms with Gasteiger partial charge in [0.1, 0.15) is 23.7 Å². The molecule has 0 spiro atoms. The molecule has 1 aromatic carbocycles. The molecule has 0 bridgehead atoms. The van der Waals surface area contributed by atoms with Crippen molar-refractivity contribution >= 4 is 11.6 Å². The van der Waals surface area contributed by atoms with Crippen molar-refractivity contribution in [2.24, 2.45) is 0 Å². The molecule has 0 fully saturated rings. The second-order valence-electron chi connectivity index (χ2n) is 6.97. The average Bonchev–Trinajstić information content (AvgIpc) is 3.22. The van der Waals surface area contributed by atoms with Crippen LogP contribution in [0.3, 0.4) is 0 Å². The second-order valence-corrected chi connectivity index (χ2v) is 6.97. The summed E-state index contributed by atoms with van der Waals surface area (Å²) < 4.78 is 5.84. The largest absolute Gasteiger partial charge is 0.493 e. The Hall–Kier alpha value is -3.15. The molecule has 4 rings (SSSR count). The molecule has 2 N–H and O–H groups in total. The van der Waals surface area contributed by atoms with Crippen molar-refractivity contribution in [3.8, 4) is 17.0 Å². The maximum atomic E-state index is 5.84. The lowest BCUT2D eigenvalue weighted by Crippen LogP contribution is -2.12. The van der Waals surface area contributed by atoms with Crippen molar-refractivity contribution in [2.45, 2.75) is 26.2 Å². The van der Waals surface area contributed by atoms with E-state index in [-0.39, 0.29) is 0 Å². The minimum absolute atomic E-state index is 0.313. The molecule has 3 heterocycles. The van der Waals surface area contributed by atoms with Crippen LogP contribution < -0.4 is 15.4 Å². The zero-order valence-electron chi connectivity index (χ0n) is 16.3. The van der Waals surface area contributed by atoms with Crippen LogP contribution >= 0.6 is 0 Å². The molecule has 1 aliphatic rings. The molecule has 28 heavy (non-hydrogen) atoms. The van der Waals surface area contributed by atoms with Crippen LogP contribution in [0.2, 0.25) is 0 Å². The number of pyridine rings is 1. The number of fused-ring (bicyclic) bond motifs is 1. The Morgan fingerprint density at radius 3 is 2.82 bits per heavy atom. The van der Waals surface area contributed by atoms with E-state index in [2.05, 4.69) is 57.6 Å². The molecular weight excluding hydrogens is 350 g/mol. The van der Waals surface area contributed by atoms with Crippen molar-refractivity contribution in [3.05, 3.63) is 60.0 Å². The van der Waals surface area contributed by atoms with Crippen LogP contribution in [0.1, 0.15) is 30.9 Å². The van der Waals surface area contributed by atoms with Gasteiger partial charge in [0.2, 0.25) is 0 Å². The summed E-state index contributed by atoms with van der Waals surface area (Å²) in [6.45, 7) is 6.66. The normalized spacial score (nSPS) is 13.5. The van der Waals surface area contributed by atoms with Crippen molar-refractivity contribution < 1.29 is 4.74 Å². The number of nitrogens with one attached hydrogen (secondary N) is 2. The molecule has 144 valence electrons. The van der Waals surface area contributed by atoms with Crippen LogP contribution in [-0.4, -0.2) is 34.6 Å². The first kappa shape index (κ1) is 18.2. The molecule has 6 nitrogen and oxygen atoms in total. The van der Waals surface area contributed by atoms with E-state index in [0.29, 0.717) is 5.92 Å². The lowest BCUT2D eigenvalue weighted by molar-refractivity contribution is 0.352. The molecule has 3 aromatic rings. The SMILES string of the molecule is CCNc1ccc(-c2cc(NC[C@@H](C)c3cccc4c3OCC4)ncn2)cn1. The second kappa shape index (κ2) is 8.25. The van der Waals surface area contributed by atoms with E-state index in [1.807, 2.05) is 24.4 Å². The summed E-state index contributed by atoms with van der Waals surface area (Å²) in [6.07, 6.45) is 4.42. The minimum Gasteiger partial charge on any atom is -0.493 e. The molecule has 0 saturated heterocycles. The van der Waals surface area contributed by atoms with Gasteiger partial charge >= 0.3 is 0 Å². The van der Waals surface area contributed by atoms with Crippen LogP contribution in [0.25, 0.3) is 11.3 Å². The molecule has 0 aliphatic carbocycles. The quantitative estimate of drug-likeness (QED) is 0.647. The van der Waals surface area contributed by atoms with Gasteiger partial charge < -0.3 is 15.4 Å². The van der Waals surface area contributed by atoms with Gasteiger partial charge in [0, 0.05) is 43.3 Å². The number of hydrogen-bond donors (Lipinski definition) is 2. The van der Waals surface area contributed by atoms with Crippen molar-refractivity contribution in [1.29, 1.82) is 0 Å². The Kier molecular flexibility index (Phi) is 5.37. The lowest BCUT2D eigenvalue weighted by atomic mass is 9.97. The smallest absolute Gasteiger partial charge is 0.129 e. The maximum absolute atomic E-state index is 5.84. The summed E-state index contributed by atoms with van der Waals surface area (Å²) in [5.74, 6) is 3.05. The average molecular weight is 375 g/mol. The van der Waals surface area contributed by atoms with E-state index in [9.17, 15) is 0 Å². The van der Waals surface area contributed by atoms with Crippen molar-refractivity contribution in [1.82, 2.24) is 15.0 Å². The standard InChI is InChI=1S/C22H25N5O/c1-3-23-20-8-7-17(13-25-20)19-11-21(27-14-26-19)24-12-15(2)18-6-4-5-16-9-10-28-22(16)18/h4-8,11,13-15H,3,9-10,12H2,1-2H3,(H,23,25)(H,24,26,27)/t15-/m1/s1. The number of para-hydroxylation sites is 1. The Bertz CT molecular complexity index is 942. The van der Waals surface area contributed by atoms with Gasteiger partial charge in [-0.1, -0.05) is 25.1 Å². The van der Waals surface area contributed by atoms with Gasteiger partial charge in [-0.3, -0.25) is 0 Å². The van der Waals surface area contributed by atoms with Gasteiger partial charge in [0.05, 0.1) is 12.3 Å². The highest BCUT2D eigenvalue weighted by molar-refractivity contribution is 5.62. The van der Waals surface area contributed by atoms with Gasteiger partial charge in [0.25, 0.3) is 0 Å². The predicted molar refractivity (Wildman–Crippen MR) is 112 cm³/mol. The van der Waals surface area contributed by atoms with Gasteiger partial charge in [0.15, 0.2) is 0 Å². The van der Waals surface area contributed by atoms with Crippen LogP contribution in [-0.2, 0) is 6.42 Å². The number of anilines is 2. The maximum Gasteiger partial charge on any atom is 0.129 e. The van der Waals surface area contributed by atoms with E-state index < -0.39 is 0 Å². The number of ether oxygens (including phenoxy) is 1. The summed E-state index contributed by atoms with van der Waals surface area (Å²) in [5, 5.41) is 6.63. The first-order chi connectivity index (χ1) is 13.7. The first-order valence-electron chi connectivity index (χ1n) is 9.75. The highest BCUT2D eigenvalue weighted by atomic mass is 16.5. The van der Waals surface area contributed by atoms with Crippen LogP contribution in [0.4, 0.5) is 11.6 Å². The molecule has 1 aliphatic heterocycles. The topological polar surface area (TPSA) is 72.0 Å². The Balaban J connectivity index is 1.44. The third-order valence-electron chi connectivity index (χ3n) is 4.95. The fourth-order valence-electron chi connectivity index (χ4n) is 3.44. The van der Waals surface area contributed by atoms with Crippen molar-refractivity contribution in [3.63, 3.8) is 0 Å². The Morgan fingerprint density at radius 2 is 2.00 bits per heavy atom. The van der Waals surface area contributed by atoms with Gasteiger partial charge in [-0.25, -0.2) is 15.0 Å². The number of benzene rings is 1. The molecule has 0 radical (unpaired) electrons. The predicted octanol–water partition coefficient (Wildman–Crippen LogP) is 4.12. The zero-order chi connectivity index (χ0) is 19.3. The number of rotatable bonds is 7. The zero-order valence-corrected chi connectivity index (χ0v) is 16.3. The van der Waals surface area contributed by atoms with Gasteiger partial charge in [-0.15, -0.1) is 0 Å². The molecule has 0 saturated carbocycles. The number of hydrogen-bond acceptors (Lipinski definition) is 6. The van der Waals surface area contributed by atoms with E-state index >= 15 is 0 Å². The highest BCUT2D eigenvalue weighted by Gasteiger charge is 2.19. The summed E-state index contributed by atoms with van der Waals surface area (Å²) >= 11 is 0. The van der Waals surface area contributed by atoms with Gasteiger partial charge in [-0.05, 0) is 30.2 Å².